The summed E-state index contributed by atoms with van der Waals surface area (Å²) in [5.41, 5.74) is 0. The van der Waals surface area contributed by atoms with Crippen LogP contribution in [0.1, 0.15) is 142 Å². The summed E-state index contributed by atoms with van der Waals surface area (Å²) in [5.74, 6) is 0. The maximum Gasteiger partial charge on any atom is 0.503 e. The molecule has 0 saturated heterocycles. The van der Waals surface area contributed by atoms with E-state index in [0.717, 1.165) is 26.1 Å². The van der Waals surface area contributed by atoms with Gasteiger partial charge < -0.3 is 20.4 Å². The molecule has 0 radical (unpaired) electrons. The lowest BCUT2D eigenvalue weighted by molar-refractivity contribution is -0.295. The molecule has 0 aromatic heterocycles. The fraction of sp³-hybridized carbons (Fsp3) is 0.923. The Bertz CT molecular complexity index is 347. The van der Waals surface area contributed by atoms with Crippen molar-refractivity contribution in [2.24, 2.45) is 0 Å². The molecule has 4 N–H and O–H groups in total. The highest BCUT2D eigenvalue weighted by Crippen LogP contribution is 2.11. The molecule has 0 atom stereocenters. The zero-order valence-corrected chi connectivity index (χ0v) is 22.0. The molecule has 0 heterocycles. The van der Waals surface area contributed by atoms with Gasteiger partial charge in [-0.2, -0.15) is 0 Å². The van der Waals surface area contributed by atoms with Gasteiger partial charge in [-0.1, -0.05) is 129 Å². The minimum absolute atomic E-state index is 0.772. The molecular formula is C26H54O8. The first-order valence-electron chi connectivity index (χ1n) is 13.5. The summed E-state index contributed by atoms with van der Waals surface area (Å²) < 4.78 is 0. The summed E-state index contributed by atoms with van der Waals surface area (Å²) >= 11 is 0. The molecule has 206 valence electrons. The average molecular weight is 495 g/mol. The molecule has 0 aliphatic rings. The quantitative estimate of drug-likeness (QED) is 0.0627. The van der Waals surface area contributed by atoms with E-state index in [-0.39, 0.29) is 0 Å². The van der Waals surface area contributed by atoms with Crippen LogP contribution < -0.4 is 0 Å². The van der Waals surface area contributed by atoms with Crippen LogP contribution in [-0.2, 0) is 9.78 Å². The Morgan fingerprint density at radius 1 is 0.412 bits per heavy atom. The summed E-state index contributed by atoms with van der Waals surface area (Å²) in [4.78, 5) is 27.7. The van der Waals surface area contributed by atoms with E-state index >= 15 is 0 Å². The van der Waals surface area contributed by atoms with Crippen LogP contribution in [0.15, 0.2) is 0 Å². The highest BCUT2D eigenvalue weighted by molar-refractivity contribution is 5.53. The van der Waals surface area contributed by atoms with Gasteiger partial charge in [-0.25, -0.2) is 19.4 Å². The summed E-state index contributed by atoms with van der Waals surface area (Å²) in [7, 11) is 0. The van der Waals surface area contributed by atoms with Crippen LogP contribution in [0.5, 0.6) is 0 Å². The number of rotatable bonds is 23. The monoisotopic (exact) mass is 494 g/mol. The molecule has 0 unspecified atom stereocenters. The molecule has 0 aliphatic heterocycles. The Morgan fingerprint density at radius 2 is 0.588 bits per heavy atom. The minimum Gasteiger partial charge on any atom is -0.450 e. The van der Waals surface area contributed by atoms with Crippen LogP contribution in [0.4, 0.5) is 9.59 Å². The Balaban J connectivity index is -0.00000103. The van der Waals surface area contributed by atoms with Crippen LogP contribution in [0, 0.1) is 0 Å². The average Bonchev–Trinajstić information content (AvgIpc) is 2.76. The van der Waals surface area contributed by atoms with Crippen LogP contribution >= 0.6 is 0 Å². The predicted octanol–water partition coefficient (Wildman–Crippen LogP) is 9.22. The van der Waals surface area contributed by atoms with Crippen molar-refractivity contribution in [3.05, 3.63) is 0 Å². The summed E-state index contributed by atoms with van der Waals surface area (Å²) in [5, 5.41) is 27.9. The molecule has 0 aromatic carbocycles. The van der Waals surface area contributed by atoms with Crippen molar-refractivity contribution in [2.45, 2.75) is 142 Å². The van der Waals surface area contributed by atoms with E-state index in [0.29, 0.717) is 0 Å². The fourth-order valence-corrected chi connectivity index (χ4v) is 3.41. The van der Waals surface area contributed by atoms with Crippen molar-refractivity contribution in [2.75, 3.05) is 13.2 Å². The number of hydrogen-bond acceptors (Lipinski definition) is 4. The maximum absolute atomic E-state index is 8.56. The Hall–Kier alpha value is -1.54. The van der Waals surface area contributed by atoms with Gasteiger partial charge in [-0.15, -0.1) is 0 Å². The Morgan fingerprint density at radius 3 is 0.794 bits per heavy atom. The fourth-order valence-electron chi connectivity index (χ4n) is 3.41. The summed E-state index contributed by atoms with van der Waals surface area (Å²) in [6, 6.07) is 0. The van der Waals surface area contributed by atoms with E-state index in [9.17, 15) is 0 Å². The van der Waals surface area contributed by atoms with Gasteiger partial charge in [-0.3, -0.25) is 0 Å². The molecular weight excluding hydrogens is 440 g/mol. The van der Waals surface area contributed by atoms with Gasteiger partial charge in [0, 0.05) is 0 Å². The maximum atomic E-state index is 8.56. The molecule has 0 rings (SSSR count). The molecule has 0 saturated carbocycles. The summed E-state index contributed by atoms with van der Waals surface area (Å²) in [6.07, 6.45) is 23.7. The molecule has 0 fully saturated rings. The summed E-state index contributed by atoms with van der Waals surface area (Å²) in [6.45, 7) is 6.11. The predicted molar refractivity (Wildman–Crippen MR) is 137 cm³/mol. The van der Waals surface area contributed by atoms with Crippen LogP contribution in [0.25, 0.3) is 0 Å². The first kappa shape index (κ1) is 37.0. The topological polar surface area (TPSA) is 134 Å². The number of hydrogen-bond donors (Lipinski definition) is 4. The normalized spacial score (nSPS) is 10.1. The van der Waals surface area contributed by atoms with Crippen molar-refractivity contribution in [3.63, 3.8) is 0 Å². The lowest BCUT2D eigenvalue weighted by atomic mass is 10.1. The lowest BCUT2D eigenvalue weighted by Gasteiger charge is -2.05. The number of unbranched alkanes of at least 4 members (excludes halogenated alkanes) is 18. The van der Waals surface area contributed by atoms with Gasteiger partial charge in [0.15, 0.2) is 0 Å². The molecule has 34 heavy (non-hydrogen) atoms. The van der Waals surface area contributed by atoms with Gasteiger partial charge >= 0.3 is 12.3 Å². The molecule has 0 amide bonds. The zero-order chi connectivity index (χ0) is 26.1. The number of carboxylic acid groups (broad SMARTS) is 4. The SMILES string of the molecule is CCCCCCCCCCCCOOCCCCCCCCCCCC.O=C(O)O.O=C(O)O. The van der Waals surface area contributed by atoms with Crippen LogP contribution in [0.2, 0.25) is 0 Å². The van der Waals surface area contributed by atoms with Gasteiger partial charge in [0.1, 0.15) is 0 Å². The van der Waals surface area contributed by atoms with Gasteiger partial charge in [-0.05, 0) is 12.8 Å². The second-order valence-electron chi connectivity index (χ2n) is 8.57. The molecule has 0 aromatic rings. The van der Waals surface area contributed by atoms with Gasteiger partial charge in [0.2, 0.25) is 0 Å². The third-order valence-corrected chi connectivity index (χ3v) is 5.25. The van der Waals surface area contributed by atoms with E-state index in [4.69, 9.17) is 39.8 Å². The number of carbonyl (C=O) groups is 2. The molecule has 8 nitrogen and oxygen atoms in total. The van der Waals surface area contributed by atoms with E-state index in [1.54, 1.807) is 0 Å². The smallest absolute Gasteiger partial charge is 0.450 e. The largest absolute Gasteiger partial charge is 0.503 e. The second-order valence-corrected chi connectivity index (χ2v) is 8.57. The molecule has 0 bridgehead atoms. The van der Waals surface area contributed by atoms with Crippen molar-refractivity contribution in [3.8, 4) is 0 Å². The molecule has 8 heteroatoms. The minimum atomic E-state index is -1.83. The zero-order valence-electron chi connectivity index (χ0n) is 22.0. The van der Waals surface area contributed by atoms with Crippen molar-refractivity contribution in [1.29, 1.82) is 0 Å². The van der Waals surface area contributed by atoms with E-state index in [1.165, 1.54) is 116 Å². The Kier molecular flexibility index (Phi) is 39.2. The van der Waals surface area contributed by atoms with Crippen molar-refractivity contribution < 1.29 is 39.8 Å². The van der Waals surface area contributed by atoms with E-state index in [2.05, 4.69) is 13.8 Å². The van der Waals surface area contributed by atoms with E-state index < -0.39 is 12.3 Å². The van der Waals surface area contributed by atoms with Crippen molar-refractivity contribution in [1.82, 2.24) is 0 Å². The third-order valence-electron chi connectivity index (χ3n) is 5.25. The van der Waals surface area contributed by atoms with Gasteiger partial charge in [0.05, 0.1) is 13.2 Å². The highest BCUT2D eigenvalue weighted by atomic mass is 17.2. The van der Waals surface area contributed by atoms with Crippen molar-refractivity contribution >= 4 is 12.3 Å². The standard InChI is InChI=1S/C24H50O2.2CH2O3/c1-3-5-7-9-11-13-15-17-19-21-23-25-26-24-22-20-18-16-14-12-10-8-6-4-2;2*2-1(3)4/h3-24H2,1-2H3;2*(H2,2,3,4). The Labute approximate surface area is 208 Å². The first-order valence-corrected chi connectivity index (χ1v) is 13.5. The third kappa shape index (κ3) is 57.4. The molecule has 0 aliphatic carbocycles. The highest BCUT2D eigenvalue weighted by Gasteiger charge is 1.95. The first-order chi connectivity index (χ1) is 16.4. The second kappa shape index (κ2) is 36.0. The van der Waals surface area contributed by atoms with Crippen LogP contribution in [0.3, 0.4) is 0 Å². The van der Waals surface area contributed by atoms with E-state index in [1.807, 2.05) is 0 Å². The molecule has 0 spiro atoms. The van der Waals surface area contributed by atoms with Gasteiger partial charge in [0.25, 0.3) is 0 Å². The lowest BCUT2D eigenvalue weighted by Crippen LogP contribution is -1.99. The van der Waals surface area contributed by atoms with Crippen LogP contribution in [-0.4, -0.2) is 46.0 Å².